The van der Waals surface area contributed by atoms with Gasteiger partial charge in [0.2, 0.25) is 0 Å². The molecule has 1 aliphatic carbocycles. The van der Waals surface area contributed by atoms with Crippen molar-refractivity contribution in [2.45, 2.75) is 53.4 Å². The Morgan fingerprint density at radius 1 is 1.27 bits per heavy atom. The number of benzene rings is 1. The molecule has 3 rings (SSSR count). The van der Waals surface area contributed by atoms with Gasteiger partial charge in [-0.05, 0) is 63.6 Å². The van der Waals surface area contributed by atoms with Gasteiger partial charge in [-0.3, -0.25) is 4.79 Å². The third kappa shape index (κ3) is 4.77. The first-order valence-electron chi connectivity index (χ1n) is 10.6. The molecule has 0 bridgehead atoms. The Morgan fingerprint density at radius 2 is 2.00 bits per heavy atom. The molecule has 0 fully saturated rings. The van der Waals surface area contributed by atoms with Crippen molar-refractivity contribution < 1.29 is 18.7 Å². The van der Waals surface area contributed by atoms with Gasteiger partial charge in [0, 0.05) is 22.9 Å². The highest BCUT2D eigenvalue weighted by molar-refractivity contribution is 5.77. The number of ether oxygens (including phenoxy) is 2. The summed E-state index contributed by atoms with van der Waals surface area (Å²) in [7, 11) is 1.44. The van der Waals surface area contributed by atoms with E-state index in [1.165, 1.54) is 24.3 Å². The minimum absolute atomic E-state index is 0.0358. The second kappa shape index (κ2) is 9.07. The number of carbonyl (C=O) groups is 1. The summed E-state index contributed by atoms with van der Waals surface area (Å²) in [6.07, 6.45) is 3.81. The minimum atomic E-state index is -0.366. The normalized spacial score (nSPS) is 22.8. The standard InChI is InChI=1S/C25H32O5/c1-16-12-13-25(4,21(18(16)3)10-6-17(2)24(27)28-5)15-29-20-9-7-19-8-11-23(26)30-22(19)14-20/h7-9,11,14,17,21H,6,10,12-13,15H2,1-5H3. The summed E-state index contributed by atoms with van der Waals surface area (Å²) in [4.78, 5) is 23.4. The first-order chi connectivity index (χ1) is 14.2. The summed E-state index contributed by atoms with van der Waals surface area (Å²) in [6.45, 7) is 9.19. The molecule has 0 radical (unpaired) electrons. The van der Waals surface area contributed by atoms with Crippen LogP contribution in [0, 0.1) is 17.3 Å². The second-order valence-corrected chi connectivity index (χ2v) is 8.91. The molecule has 0 saturated carbocycles. The Bertz CT molecular complexity index is 1000. The van der Waals surface area contributed by atoms with E-state index in [1.54, 1.807) is 12.1 Å². The van der Waals surface area contributed by atoms with Gasteiger partial charge in [-0.25, -0.2) is 4.79 Å². The van der Waals surface area contributed by atoms with E-state index in [1.807, 2.05) is 19.1 Å². The first-order valence-corrected chi connectivity index (χ1v) is 10.6. The van der Waals surface area contributed by atoms with E-state index in [0.29, 0.717) is 23.9 Å². The van der Waals surface area contributed by atoms with E-state index in [2.05, 4.69) is 20.8 Å². The molecule has 0 N–H and O–H groups in total. The van der Waals surface area contributed by atoms with Crippen LogP contribution in [0.5, 0.6) is 5.75 Å². The second-order valence-electron chi connectivity index (χ2n) is 8.91. The fourth-order valence-electron chi connectivity index (χ4n) is 4.52. The molecule has 2 aromatic rings. The van der Waals surface area contributed by atoms with E-state index < -0.39 is 0 Å². The highest BCUT2D eigenvalue weighted by atomic mass is 16.5. The molecule has 3 atom stereocenters. The molecule has 1 heterocycles. The number of esters is 1. The Balaban J connectivity index is 1.76. The Hall–Kier alpha value is -2.56. The monoisotopic (exact) mass is 412 g/mol. The van der Waals surface area contributed by atoms with Crippen molar-refractivity contribution in [2.24, 2.45) is 17.3 Å². The molecular formula is C25H32O5. The van der Waals surface area contributed by atoms with E-state index in [-0.39, 0.29) is 22.9 Å². The average Bonchev–Trinajstić information content (AvgIpc) is 2.74. The summed E-state index contributed by atoms with van der Waals surface area (Å²) >= 11 is 0. The summed E-state index contributed by atoms with van der Waals surface area (Å²) in [5.41, 5.74) is 2.98. The van der Waals surface area contributed by atoms with Crippen LogP contribution in [-0.4, -0.2) is 19.7 Å². The fraction of sp³-hybridized carbons (Fsp3) is 0.520. The molecule has 3 unspecified atom stereocenters. The number of methoxy groups -OCH3 is 1. The lowest BCUT2D eigenvalue weighted by molar-refractivity contribution is -0.145. The Morgan fingerprint density at radius 3 is 2.73 bits per heavy atom. The van der Waals surface area contributed by atoms with Crippen LogP contribution in [0.15, 0.2) is 50.7 Å². The van der Waals surface area contributed by atoms with Gasteiger partial charge in [0.25, 0.3) is 0 Å². The molecule has 30 heavy (non-hydrogen) atoms. The molecule has 0 spiro atoms. The minimum Gasteiger partial charge on any atom is -0.493 e. The van der Waals surface area contributed by atoms with Crippen LogP contribution in [0.1, 0.15) is 53.4 Å². The van der Waals surface area contributed by atoms with Gasteiger partial charge in [-0.15, -0.1) is 0 Å². The lowest BCUT2D eigenvalue weighted by Gasteiger charge is -2.43. The molecule has 162 valence electrons. The summed E-state index contributed by atoms with van der Waals surface area (Å²) in [6, 6.07) is 8.77. The fourth-order valence-corrected chi connectivity index (χ4v) is 4.52. The summed E-state index contributed by atoms with van der Waals surface area (Å²) in [5.74, 6) is 0.777. The molecular weight excluding hydrogens is 380 g/mol. The highest BCUT2D eigenvalue weighted by Crippen LogP contribution is 2.47. The van der Waals surface area contributed by atoms with Crippen molar-refractivity contribution in [3.05, 3.63) is 51.9 Å². The van der Waals surface area contributed by atoms with E-state index in [4.69, 9.17) is 13.9 Å². The Kier molecular flexibility index (Phi) is 6.69. The van der Waals surface area contributed by atoms with Crippen molar-refractivity contribution in [2.75, 3.05) is 13.7 Å². The zero-order valence-corrected chi connectivity index (χ0v) is 18.6. The van der Waals surface area contributed by atoms with Gasteiger partial charge >= 0.3 is 11.6 Å². The quantitative estimate of drug-likeness (QED) is 0.341. The van der Waals surface area contributed by atoms with Crippen molar-refractivity contribution in [3.8, 4) is 5.75 Å². The third-order valence-corrected chi connectivity index (χ3v) is 6.76. The molecule has 0 amide bonds. The van der Waals surface area contributed by atoms with Crippen LogP contribution in [-0.2, 0) is 9.53 Å². The van der Waals surface area contributed by atoms with E-state index in [9.17, 15) is 9.59 Å². The molecule has 0 aliphatic heterocycles. The lowest BCUT2D eigenvalue weighted by atomic mass is 9.64. The predicted octanol–water partition coefficient (Wildman–Crippen LogP) is 5.51. The lowest BCUT2D eigenvalue weighted by Crippen LogP contribution is -2.38. The van der Waals surface area contributed by atoms with Crippen LogP contribution in [0.2, 0.25) is 0 Å². The average molecular weight is 413 g/mol. The molecule has 1 aliphatic rings. The molecule has 0 saturated heterocycles. The van der Waals surface area contributed by atoms with Crippen molar-refractivity contribution in [3.63, 3.8) is 0 Å². The van der Waals surface area contributed by atoms with Gasteiger partial charge in [-0.1, -0.05) is 25.0 Å². The number of fused-ring (bicyclic) bond motifs is 1. The number of hydrogen-bond acceptors (Lipinski definition) is 5. The van der Waals surface area contributed by atoms with Gasteiger partial charge in [0.15, 0.2) is 0 Å². The number of hydrogen-bond donors (Lipinski definition) is 0. The van der Waals surface area contributed by atoms with Gasteiger partial charge < -0.3 is 13.9 Å². The molecule has 5 nitrogen and oxygen atoms in total. The van der Waals surface area contributed by atoms with Crippen molar-refractivity contribution >= 4 is 16.9 Å². The smallest absolute Gasteiger partial charge is 0.336 e. The topological polar surface area (TPSA) is 65.7 Å². The number of allylic oxidation sites excluding steroid dienone is 2. The molecule has 5 heteroatoms. The van der Waals surface area contributed by atoms with Crippen LogP contribution >= 0.6 is 0 Å². The summed E-state index contributed by atoms with van der Waals surface area (Å²) < 4.78 is 16.4. The van der Waals surface area contributed by atoms with E-state index >= 15 is 0 Å². The summed E-state index contributed by atoms with van der Waals surface area (Å²) in [5, 5.41) is 0.870. The van der Waals surface area contributed by atoms with Gasteiger partial charge in [0.05, 0.1) is 19.6 Å². The molecule has 1 aromatic heterocycles. The maximum Gasteiger partial charge on any atom is 0.336 e. The SMILES string of the molecule is COC(=O)C(C)CCC1C(C)=C(C)CCC1(C)COc1ccc2ccc(=O)oc2c1. The van der Waals surface area contributed by atoms with Gasteiger partial charge in [-0.2, -0.15) is 0 Å². The highest BCUT2D eigenvalue weighted by Gasteiger charge is 2.39. The van der Waals surface area contributed by atoms with Crippen LogP contribution in [0.4, 0.5) is 0 Å². The zero-order chi connectivity index (χ0) is 21.9. The van der Waals surface area contributed by atoms with Crippen molar-refractivity contribution in [1.29, 1.82) is 0 Å². The van der Waals surface area contributed by atoms with Crippen LogP contribution < -0.4 is 10.4 Å². The largest absolute Gasteiger partial charge is 0.493 e. The van der Waals surface area contributed by atoms with Crippen molar-refractivity contribution in [1.82, 2.24) is 0 Å². The van der Waals surface area contributed by atoms with Crippen LogP contribution in [0.25, 0.3) is 11.0 Å². The third-order valence-electron chi connectivity index (χ3n) is 6.76. The molecule has 1 aromatic carbocycles. The number of rotatable bonds is 7. The Labute approximate surface area is 178 Å². The maximum atomic E-state index is 11.8. The zero-order valence-electron chi connectivity index (χ0n) is 18.6. The van der Waals surface area contributed by atoms with Gasteiger partial charge in [0.1, 0.15) is 11.3 Å². The van der Waals surface area contributed by atoms with Crippen LogP contribution in [0.3, 0.4) is 0 Å². The maximum absolute atomic E-state index is 11.8. The van der Waals surface area contributed by atoms with E-state index in [0.717, 1.165) is 31.1 Å². The first kappa shape index (κ1) is 22.1. The number of carbonyl (C=O) groups excluding carboxylic acids is 1. The predicted molar refractivity (Wildman–Crippen MR) is 118 cm³/mol.